The summed E-state index contributed by atoms with van der Waals surface area (Å²) in [6, 6.07) is 25.6. The first-order chi connectivity index (χ1) is 14.3. The number of hydrogen-bond donors (Lipinski definition) is 0. The van der Waals surface area contributed by atoms with Crippen molar-refractivity contribution in [2.24, 2.45) is 11.1 Å². The Hall–Kier alpha value is -2.52. The summed E-state index contributed by atoms with van der Waals surface area (Å²) in [5, 5.41) is 4.58. The third kappa shape index (κ3) is 4.91. The molecule has 3 aromatic rings. The SMILES string of the molecule is CCSc1ccc(C(=NOCc2cccc(-c3ccccc3)c2C)C2CC2)cc1. The van der Waals surface area contributed by atoms with Crippen LogP contribution in [0.15, 0.2) is 82.8 Å². The molecule has 1 saturated carbocycles. The highest BCUT2D eigenvalue weighted by molar-refractivity contribution is 7.99. The molecule has 1 fully saturated rings. The molecule has 0 N–H and O–H groups in total. The molecule has 0 aromatic heterocycles. The number of thioether (sulfide) groups is 1. The van der Waals surface area contributed by atoms with Gasteiger partial charge in [0.15, 0.2) is 0 Å². The highest BCUT2D eigenvalue weighted by atomic mass is 32.2. The molecule has 1 aliphatic rings. The van der Waals surface area contributed by atoms with Gasteiger partial charge in [-0.3, -0.25) is 0 Å². The molecule has 2 nitrogen and oxygen atoms in total. The van der Waals surface area contributed by atoms with E-state index in [4.69, 9.17) is 4.84 Å². The topological polar surface area (TPSA) is 21.6 Å². The predicted octanol–water partition coefficient (Wildman–Crippen LogP) is 7.10. The lowest BCUT2D eigenvalue weighted by molar-refractivity contribution is 0.129. The van der Waals surface area contributed by atoms with E-state index in [1.807, 2.05) is 17.8 Å². The molecule has 4 rings (SSSR count). The number of oxime groups is 1. The van der Waals surface area contributed by atoms with Gasteiger partial charge in [-0.15, -0.1) is 11.8 Å². The van der Waals surface area contributed by atoms with Crippen LogP contribution in [-0.4, -0.2) is 11.5 Å². The third-order valence-corrected chi connectivity index (χ3v) is 6.23. The summed E-state index contributed by atoms with van der Waals surface area (Å²) < 4.78 is 0. The Morgan fingerprint density at radius 2 is 1.72 bits per heavy atom. The minimum absolute atomic E-state index is 0.493. The Labute approximate surface area is 178 Å². The average Bonchev–Trinajstić information content (AvgIpc) is 3.59. The van der Waals surface area contributed by atoms with E-state index < -0.39 is 0 Å². The monoisotopic (exact) mass is 401 g/mol. The van der Waals surface area contributed by atoms with Gasteiger partial charge in [0.25, 0.3) is 0 Å². The van der Waals surface area contributed by atoms with E-state index in [0.717, 1.165) is 11.5 Å². The molecule has 3 heteroatoms. The molecule has 0 spiro atoms. The van der Waals surface area contributed by atoms with Gasteiger partial charge in [0, 0.05) is 10.8 Å². The second kappa shape index (κ2) is 9.32. The maximum Gasteiger partial charge on any atom is 0.142 e. The van der Waals surface area contributed by atoms with E-state index in [0.29, 0.717) is 12.5 Å². The summed E-state index contributed by atoms with van der Waals surface area (Å²) >= 11 is 1.86. The molecule has 0 unspecified atom stereocenters. The van der Waals surface area contributed by atoms with Crippen molar-refractivity contribution in [3.05, 3.63) is 89.5 Å². The van der Waals surface area contributed by atoms with Crippen molar-refractivity contribution in [1.82, 2.24) is 0 Å². The maximum atomic E-state index is 5.87. The molecule has 3 aromatic carbocycles. The van der Waals surface area contributed by atoms with Gasteiger partial charge in [-0.05, 0) is 65.5 Å². The average molecular weight is 402 g/mol. The molecule has 0 heterocycles. The fourth-order valence-corrected chi connectivity index (χ4v) is 4.21. The van der Waals surface area contributed by atoms with E-state index in [1.54, 1.807) is 0 Å². The molecule has 29 heavy (non-hydrogen) atoms. The van der Waals surface area contributed by atoms with Gasteiger partial charge >= 0.3 is 0 Å². The summed E-state index contributed by atoms with van der Waals surface area (Å²) in [6.07, 6.45) is 2.41. The fraction of sp³-hybridized carbons (Fsp3) is 0.269. The zero-order valence-corrected chi connectivity index (χ0v) is 17.9. The Morgan fingerprint density at radius 3 is 2.41 bits per heavy atom. The Morgan fingerprint density at radius 1 is 0.966 bits per heavy atom. The highest BCUT2D eigenvalue weighted by Gasteiger charge is 2.29. The Kier molecular flexibility index (Phi) is 6.36. The summed E-state index contributed by atoms with van der Waals surface area (Å²) in [4.78, 5) is 7.18. The van der Waals surface area contributed by atoms with Gasteiger partial charge in [-0.25, -0.2) is 0 Å². The van der Waals surface area contributed by atoms with Crippen LogP contribution < -0.4 is 0 Å². The molecule has 0 bridgehead atoms. The van der Waals surface area contributed by atoms with E-state index in [9.17, 15) is 0 Å². The second-order valence-electron chi connectivity index (χ2n) is 7.44. The lowest BCUT2D eigenvalue weighted by atomic mass is 9.97. The molecule has 0 aliphatic heterocycles. The van der Waals surface area contributed by atoms with Crippen LogP contribution in [0.4, 0.5) is 0 Å². The Bertz CT molecular complexity index is 975. The summed E-state index contributed by atoms with van der Waals surface area (Å²) in [7, 11) is 0. The standard InChI is InChI=1S/C26H27NOS/c1-3-29-24-16-14-22(15-17-24)26(21-12-13-21)27-28-18-23-10-7-11-25(19(23)2)20-8-5-4-6-9-20/h4-11,14-17,21H,3,12-13,18H2,1-2H3. The fourth-order valence-electron chi connectivity index (χ4n) is 3.55. The quantitative estimate of drug-likeness (QED) is 0.228. The van der Waals surface area contributed by atoms with Crippen LogP contribution in [0, 0.1) is 12.8 Å². The first-order valence-electron chi connectivity index (χ1n) is 10.3. The smallest absolute Gasteiger partial charge is 0.142 e. The van der Waals surface area contributed by atoms with Crippen LogP contribution >= 0.6 is 11.8 Å². The number of hydrogen-bond acceptors (Lipinski definition) is 3. The molecular formula is C26H27NOS. The molecule has 148 valence electrons. The van der Waals surface area contributed by atoms with Gasteiger partial charge in [-0.2, -0.15) is 0 Å². The first kappa shape index (κ1) is 19.8. The molecule has 0 atom stereocenters. The lowest BCUT2D eigenvalue weighted by Crippen LogP contribution is -2.05. The molecular weight excluding hydrogens is 374 g/mol. The third-order valence-electron chi connectivity index (χ3n) is 5.34. The maximum absolute atomic E-state index is 5.87. The number of nitrogens with zero attached hydrogens (tertiary/aromatic N) is 1. The summed E-state index contributed by atoms with van der Waals surface area (Å²) in [6.45, 7) is 4.83. The zero-order valence-electron chi connectivity index (χ0n) is 17.1. The van der Waals surface area contributed by atoms with Crippen LogP contribution in [0.5, 0.6) is 0 Å². The normalized spacial score (nSPS) is 14.1. The van der Waals surface area contributed by atoms with Crippen molar-refractivity contribution in [2.45, 2.75) is 38.2 Å². The van der Waals surface area contributed by atoms with Gasteiger partial charge in [0.05, 0.1) is 5.71 Å². The van der Waals surface area contributed by atoms with E-state index in [2.05, 4.69) is 85.7 Å². The minimum atomic E-state index is 0.493. The second-order valence-corrected chi connectivity index (χ2v) is 8.77. The number of rotatable bonds is 8. The van der Waals surface area contributed by atoms with Crippen LogP contribution in [0.3, 0.4) is 0 Å². The van der Waals surface area contributed by atoms with Crippen LogP contribution in [0.2, 0.25) is 0 Å². The first-order valence-corrected chi connectivity index (χ1v) is 11.3. The van der Waals surface area contributed by atoms with Gasteiger partial charge in [0.1, 0.15) is 6.61 Å². The largest absolute Gasteiger partial charge is 0.391 e. The highest BCUT2D eigenvalue weighted by Crippen LogP contribution is 2.34. The van der Waals surface area contributed by atoms with Gasteiger partial charge in [-0.1, -0.05) is 72.7 Å². The van der Waals surface area contributed by atoms with E-state index >= 15 is 0 Å². The molecule has 0 amide bonds. The van der Waals surface area contributed by atoms with Crippen molar-refractivity contribution in [2.75, 3.05) is 5.75 Å². The van der Waals surface area contributed by atoms with Crippen molar-refractivity contribution in [1.29, 1.82) is 0 Å². The molecule has 0 radical (unpaired) electrons. The van der Waals surface area contributed by atoms with E-state index in [-0.39, 0.29) is 0 Å². The minimum Gasteiger partial charge on any atom is -0.391 e. The summed E-state index contributed by atoms with van der Waals surface area (Å²) in [5.74, 6) is 1.63. The molecule has 0 saturated heterocycles. The van der Waals surface area contributed by atoms with Crippen LogP contribution in [-0.2, 0) is 11.4 Å². The van der Waals surface area contributed by atoms with Gasteiger partial charge in [0.2, 0.25) is 0 Å². The van der Waals surface area contributed by atoms with Crippen LogP contribution in [0.1, 0.15) is 36.5 Å². The van der Waals surface area contributed by atoms with Crippen molar-refractivity contribution in [3.8, 4) is 11.1 Å². The van der Waals surface area contributed by atoms with Crippen molar-refractivity contribution < 1.29 is 4.84 Å². The summed E-state index contributed by atoms with van der Waals surface area (Å²) in [5.41, 5.74) is 7.20. The van der Waals surface area contributed by atoms with E-state index in [1.165, 1.54) is 45.6 Å². The lowest BCUT2D eigenvalue weighted by Gasteiger charge is -2.12. The number of benzene rings is 3. The van der Waals surface area contributed by atoms with Crippen LogP contribution in [0.25, 0.3) is 11.1 Å². The predicted molar refractivity (Wildman–Crippen MR) is 124 cm³/mol. The molecule has 1 aliphatic carbocycles. The van der Waals surface area contributed by atoms with Crippen molar-refractivity contribution >= 4 is 17.5 Å². The van der Waals surface area contributed by atoms with Gasteiger partial charge < -0.3 is 4.84 Å². The Balaban J connectivity index is 1.50. The zero-order chi connectivity index (χ0) is 20.1. The van der Waals surface area contributed by atoms with Crippen molar-refractivity contribution in [3.63, 3.8) is 0 Å².